The minimum absolute atomic E-state index is 0. The topological polar surface area (TPSA) is 217 Å². The van der Waals surface area contributed by atoms with Crippen LogP contribution < -0.4 is 0 Å². The molecule has 1 heterocycles. The molecular weight excluding hydrogens is 1170 g/mol. The smallest absolute Gasteiger partial charge is 0.309 e. The first kappa shape index (κ1) is 113. The first-order valence-electron chi connectivity index (χ1n) is 31.0. The predicted octanol–water partition coefficient (Wildman–Crippen LogP) is 17.6. The molecule has 1 aliphatic heterocycles. The second-order valence-electron chi connectivity index (χ2n) is 29.8. The van der Waals surface area contributed by atoms with E-state index in [9.17, 15) is 29.7 Å². The van der Waals surface area contributed by atoms with Crippen molar-refractivity contribution in [1.29, 1.82) is 0 Å². The first-order valence-corrected chi connectivity index (χ1v) is 31.0. The van der Waals surface area contributed by atoms with Gasteiger partial charge in [-0.1, -0.05) is 220 Å². The van der Waals surface area contributed by atoms with Crippen molar-refractivity contribution in [3.8, 4) is 0 Å². The van der Waals surface area contributed by atoms with E-state index < -0.39 is 18.3 Å². The molecule has 0 saturated carbocycles. The normalized spacial score (nSPS) is 13.3. The third-order valence-electron chi connectivity index (χ3n) is 9.31. The lowest BCUT2D eigenvalue weighted by atomic mass is 9.93. The van der Waals surface area contributed by atoms with Crippen molar-refractivity contribution < 1.29 is 81.8 Å². The molecule has 0 aromatic rings. The Morgan fingerprint density at radius 1 is 0.457 bits per heavy atom. The van der Waals surface area contributed by atoms with E-state index in [0.29, 0.717) is 65.5 Å². The van der Waals surface area contributed by atoms with Crippen LogP contribution in [0.3, 0.4) is 0 Å². The molecule has 3 N–H and O–H groups in total. The van der Waals surface area contributed by atoms with Gasteiger partial charge in [0.05, 0.1) is 91.5 Å². The summed E-state index contributed by atoms with van der Waals surface area (Å²) in [5.41, 5.74) is 1.31. The molecule has 1 aliphatic rings. The van der Waals surface area contributed by atoms with Crippen LogP contribution in [0.5, 0.6) is 0 Å². The van der Waals surface area contributed by atoms with Gasteiger partial charge in [0.1, 0.15) is 38.1 Å². The highest BCUT2D eigenvalue weighted by molar-refractivity contribution is 5.71. The van der Waals surface area contributed by atoms with Crippen LogP contribution in [0.4, 0.5) is 0 Å². The van der Waals surface area contributed by atoms with Crippen molar-refractivity contribution in [3.05, 3.63) is 63.0 Å². The van der Waals surface area contributed by atoms with Crippen LogP contribution >= 0.6 is 0 Å². The molecular formula is C75H156O17. The Hall–Kier alpha value is -3.49. The zero-order valence-electron chi connectivity index (χ0n) is 60.0. The Bertz CT molecular complexity index is 1690. The number of ether oxygens (including phenoxy) is 11. The van der Waals surface area contributed by atoms with Crippen LogP contribution in [0, 0.1) is 37.9 Å². The van der Waals surface area contributed by atoms with Crippen LogP contribution in [0.1, 0.15) is 241 Å². The maximum atomic E-state index is 11.0. The number of esters is 3. The van der Waals surface area contributed by atoms with Crippen LogP contribution in [-0.4, -0.2) is 164 Å². The van der Waals surface area contributed by atoms with Gasteiger partial charge in [-0.25, -0.2) is 0 Å². The molecule has 0 spiro atoms. The van der Waals surface area contributed by atoms with Gasteiger partial charge in [0.15, 0.2) is 6.29 Å². The molecule has 0 amide bonds. The number of methoxy groups -OCH3 is 1. The second-order valence-corrected chi connectivity index (χ2v) is 29.8. The van der Waals surface area contributed by atoms with E-state index in [-0.39, 0.29) is 132 Å². The zero-order valence-corrected chi connectivity index (χ0v) is 60.0. The summed E-state index contributed by atoms with van der Waals surface area (Å²) in [5.74, 6) is 0.0937. The van der Waals surface area contributed by atoms with Crippen molar-refractivity contribution in [2.24, 2.45) is 37.9 Å². The van der Waals surface area contributed by atoms with Gasteiger partial charge >= 0.3 is 17.9 Å². The number of carbonyl (C=O) groups excluding carboxylic acids is 3. The predicted molar refractivity (Wildman–Crippen MR) is 390 cm³/mol. The van der Waals surface area contributed by atoms with E-state index in [2.05, 4.69) is 158 Å². The van der Waals surface area contributed by atoms with Gasteiger partial charge in [0, 0.05) is 26.4 Å². The lowest BCUT2D eigenvalue weighted by Crippen LogP contribution is -2.26. The zero-order chi connectivity index (χ0) is 69.0. The Labute approximate surface area is 569 Å². The van der Waals surface area contributed by atoms with E-state index in [1.807, 2.05) is 33.8 Å². The average molecular weight is 1330 g/mol. The summed E-state index contributed by atoms with van der Waals surface area (Å²) >= 11 is 0. The molecule has 1 saturated heterocycles. The fraction of sp³-hybridized carbons (Fsp3) is 0.827. The van der Waals surface area contributed by atoms with E-state index in [0.717, 1.165) is 57.9 Å². The number of aliphatic hydroxyl groups excluding tert-OH is 3. The molecule has 17 heteroatoms. The fourth-order valence-electron chi connectivity index (χ4n) is 5.02. The van der Waals surface area contributed by atoms with Crippen LogP contribution in [-0.2, 0) is 66.5 Å². The summed E-state index contributed by atoms with van der Waals surface area (Å²) < 4.78 is 56.2. The quantitative estimate of drug-likeness (QED) is 0.0136. The monoisotopic (exact) mass is 1330 g/mol. The summed E-state index contributed by atoms with van der Waals surface area (Å²) in [7, 11) is 1.56. The van der Waals surface area contributed by atoms with Crippen molar-refractivity contribution >= 4 is 17.9 Å². The summed E-state index contributed by atoms with van der Waals surface area (Å²) in [6.45, 7) is 71.4. The number of carbonyl (C=O) groups is 3. The summed E-state index contributed by atoms with van der Waals surface area (Å²) in [6.07, 6.45) is 10.2. The van der Waals surface area contributed by atoms with Gasteiger partial charge in [0.2, 0.25) is 0 Å². The standard InChI is InChI=1S/C12H24O4.C12H22O4.C11H20O2.C11H20O.C9H20O3.C8H16O.C7H14O2.5CH4/c2*1-5-6-11(14)16-8-10(13)7-15-9-12(2,3)4;1-5-6-7-10(12)13-9-8-11(2,3)4;1-6-7-8-10(2)12-9-11(3,4)5;1-9(2,3)7-12-6-8(10)5-11-4;1-5-6-9-7-8(2,3)4;1-7(2,3)5-9-6-4-8-6;;;;;/h10,13H,5-9H2,1-4H3;5,10,13H,1,6-9H2,2-4H3;5H,1,6-9H2,2-4H3;6H,1-2,7-9H2,3-5H3;8,10H,5-7H2,1-4H3;5H,1,6-7H2,2-4H3;6H,4-5H2,1-3H3;5*1H4. The fourth-order valence-corrected chi connectivity index (χ4v) is 5.02. The highest BCUT2D eigenvalue weighted by atomic mass is 16.8. The van der Waals surface area contributed by atoms with Gasteiger partial charge < -0.3 is 67.4 Å². The lowest BCUT2D eigenvalue weighted by Gasteiger charge is -2.19. The van der Waals surface area contributed by atoms with Gasteiger partial charge in [-0.05, 0) is 63.6 Å². The Balaban J connectivity index is -0.0000000924. The van der Waals surface area contributed by atoms with E-state index in [1.54, 1.807) is 19.3 Å². The molecule has 4 atom stereocenters. The largest absolute Gasteiger partial charge is 0.498 e. The van der Waals surface area contributed by atoms with E-state index >= 15 is 0 Å². The van der Waals surface area contributed by atoms with Crippen molar-refractivity contribution in [1.82, 2.24) is 0 Å². The average Bonchev–Trinajstić information content (AvgIpc) is 3.72. The van der Waals surface area contributed by atoms with Gasteiger partial charge in [-0.3, -0.25) is 14.4 Å². The number of allylic oxidation sites excluding steroid dienone is 3. The minimum Gasteiger partial charge on any atom is -0.498 e. The van der Waals surface area contributed by atoms with Crippen LogP contribution in [0.15, 0.2) is 63.0 Å². The van der Waals surface area contributed by atoms with Crippen LogP contribution in [0.25, 0.3) is 0 Å². The van der Waals surface area contributed by atoms with Gasteiger partial charge in [0.25, 0.3) is 0 Å². The number of aliphatic hydroxyl groups is 3. The molecule has 0 aromatic carbocycles. The van der Waals surface area contributed by atoms with Crippen molar-refractivity contribution in [3.63, 3.8) is 0 Å². The molecule has 0 aromatic heterocycles. The summed E-state index contributed by atoms with van der Waals surface area (Å²) in [5, 5.41) is 28.1. The number of hydrogen-bond donors (Lipinski definition) is 3. The molecule has 17 nitrogen and oxygen atoms in total. The highest BCUT2D eigenvalue weighted by Gasteiger charge is 2.25. The molecule has 1 fully saturated rings. The Morgan fingerprint density at radius 3 is 1.14 bits per heavy atom. The summed E-state index contributed by atoms with van der Waals surface area (Å²) in [6, 6.07) is 0. The Kier molecular flexibility index (Phi) is 79.5. The van der Waals surface area contributed by atoms with Crippen LogP contribution in [0.2, 0.25) is 0 Å². The second kappa shape index (κ2) is 64.8. The van der Waals surface area contributed by atoms with E-state index in [4.69, 9.17) is 52.1 Å². The maximum Gasteiger partial charge on any atom is 0.309 e. The third-order valence-corrected chi connectivity index (χ3v) is 9.31. The first-order chi connectivity index (χ1) is 39.7. The Morgan fingerprint density at radius 2 is 0.815 bits per heavy atom. The SMILES string of the molecule is C.C.C.C.C.C=CCC(=O)OCC(O)COCC(C)(C)C.C=CCCC(=C)OCC(C)(C)C.C=CCCC(=O)OCCC(C)(C)C.C=CCOCC(C)(C)C.CC(C)(C)COC1CO1.CCCC(=O)OCC(O)COCC(C)(C)C.COCC(O)COCC(C)(C)C. The third kappa shape index (κ3) is 120. The van der Waals surface area contributed by atoms with Gasteiger partial charge in [-0.2, -0.15) is 0 Å². The van der Waals surface area contributed by atoms with Crippen molar-refractivity contribution in [2.75, 3.05) is 106 Å². The summed E-state index contributed by atoms with van der Waals surface area (Å²) in [4.78, 5) is 33.0. The molecule has 0 radical (unpaired) electrons. The van der Waals surface area contributed by atoms with Gasteiger partial charge in [-0.15, -0.1) is 26.3 Å². The number of hydrogen-bond acceptors (Lipinski definition) is 17. The number of rotatable bonds is 34. The highest BCUT2D eigenvalue weighted by Crippen LogP contribution is 2.21. The maximum absolute atomic E-state index is 11.0. The molecule has 0 aliphatic carbocycles. The number of epoxide rings is 1. The molecule has 4 unspecified atom stereocenters. The van der Waals surface area contributed by atoms with Crippen molar-refractivity contribution in [2.45, 2.75) is 265 Å². The molecule has 92 heavy (non-hydrogen) atoms. The van der Waals surface area contributed by atoms with E-state index in [1.165, 1.54) is 6.08 Å². The molecule has 1 rings (SSSR count). The molecule has 558 valence electrons. The lowest BCUT2D eigenvalue weighted by molar-refractivity contribution is -0.148. The molecule has 0 bridgehead atoms. The minimum atomic E-state index is -0.767.